The maximum Gasteiger partial charge on any atom is 0.225 e. The number of nitrogens with zero attached hydrogens (tertiary/aromatic N) is 3. The number of carbonyl (C=O) groups excluding carboxylic acids is 1. The first kappa shape index (κ1) is 18.4. The minimum Gasteiger partial charge on any atom is -0.355 e. The van der Waals surface area contributed by atoms with Crippen molar-refractivity contribution < 1.29 is 4.79 Å². The second-order valence-electron chi connectivity index (χ2n) is 7.70. The number of rotatable bonds is 5. The van der Waals surface area contributed by atoms with E-state index >= 15 is 0 Å². The van der Waals surface area contributed by atoms with Gasteiger partial charge in [-0.3, -0.25) is 4.79 Å². The lowest BCUT2D eigenvalue weighted by atomic mass is 9.64. The predicted octanol–water partition coefficient (Wildman–Crippen LogP) is 3.69. The van der Waals surface area contributed by atoms with Crippen molar-refractivity contribution in [3.05, 3.63) is 52.8 Å². The molecular weight excluding hydrogens is 404 g/mol. The molecule has 4 rings (SSSR count). The van der Waals surface area contributed by atoms with Crippen LogP contribution in [0.4, 0.5) is 5.95 Å². The number of hydrogen-bond donors (Lipinski definition) is 1. The van der Waals surface area contributed by atoms with Gasteiger partial charge in [0, 0.05) is 41.9 Å². The van der Waals surface area contributed by atoms with Crippen LogP contribution in [0.15, 0.2) is 47.2 Å². The van der Waals surface area contributed by atoms with Crippen molar-refractivity contribution in [3.8, 4) is 0 Å². The third kappa shape index (κ3) is 4.00. The second-order valence-corrected chi connectivity index (χ2v) is 8.61. The average Bonchev–Trinajstić information content (AvgIpc) is 2.68. The lowest BCUT2D eigenvalue weighted by molar-refractivity contribution is -0.125. The highest BCUT2D eigenvalue weighted by Gasteiger charge is 2.39. The lowest BCUT2D eigenvalue weighted by Gasteiger charge is -2.43. The van der Waals surface area contributed by atoms with Crippen LogP contribution < -0.4 is 10.2 Å². The summed E-state index contributed by atoms with van der Waals surface area (Å²) in [6.45, 7) is 2.33. The molecule has 2 fully saturated rings. The molecule has 1 N–H and O–H groups in total. The van der Waals surface area contributed by atoms with Crippen LogP contribution in [0, 0.1) is 5.92 Å². The van der Waals surface area contributed by atoms with Gasteiger partial charge in [-0.1, -0.05) is 34.5 Å². The smallest absolute Gasteiger partial charge is 0.225 e. The van der Waals surface area contributed by atoms with Crippen LogP contribution in [0.2, 0.25) is 0 Å². The molecule has 142 valence electrons. The zero-order valence-corrected chi connectivity index (χ0v) is 17.0. The zero-order chi connectivity index (χ0) is 18.7. The number of carbonyl (C=O) groups is 1. The minimum atomic E-state index is 0.00203. The Bertz CT molecular complexity index is 794. The summed E-state index contributed by atoms with van der Waals surface area (Å²) in [5.41, 5.74) is 1.42. The molecule has 1 aliphatic carbocycles. The van der Waals surface area contributed by atoms with Crippen LogP contribution in [0.3, 0.4) is 0 Å². The molecule has 1 aromatic carbocycles. The van der Waals surface area contributed by atoms with Gasteiger partial charge in [0.1, 0.15) is 0 Å². The van der Waals surface area contributed by atoms with Gasteiger partial charge in [0.05, 0.1) is 5.92 Å². The fraction of sp³-hybridized carbons (Fsp3) is 0.476. The Balaban J connectivity index is 1.38. The van der Waals surface area contributed by atoms with Crippen molar-refractivity contribution in [1.29, 1.82) is 0 Å². The van der Waals surface area contributed by atoms with Crippen LogP contribution in [0.25, 0.3) is 0 Å². The van der Waals surface area contributed by atoms with E-state index in [-0.39, 0.29) is 17.2 Å². The van der Waals surface area contributed by atoms with E-state index in [2.05, 4.69) is 60.4 Å². The van der Waals surface area contributed by atoms with Gasteiger partial charge in [-0.15, -0.1) is 0 Å². The van der Waals surface area contributed by atoms with Crippen molar-refractivity contribution in [2.45, 2.75) is 37.5 Å². The van der Waals surface area contributed by atoms with E-state index in [1.54, 1.807) is 12.4 Å². The van der Waals surface area contributed by atoms with Crippen LogP contribution >= 0.6 is 15.9 Å². The summed E-state index contributed by atoms with van der Waals surface area (Å²) < 4.78 is 1.10. The Morgan fingerprint density at radius 2 is 2.04 bits per heavy atom. The first-order chi connectivity index (χ1) is 13.2. The van der Waals surface area contributed by atoms with Crippen molar-refractivity contribution >= 4 is 27.8 Å². The number of nitrogens with one attached hydrogen (secondary N) is 1. The van der Waals surface area contributed by atoms with Crippen molar-refractivity contribution in [1.82, 2.24) is 15.3 Å². The summed E-state index contributed by atoms with van der Waals surface area (Å²) in [5.74, 6) is 0.888. The van der Waals surface area contributed by atoms with Gasteiger partial charge < -0.3 is 10.2 Å². The van der Waals surface area contributed by atoms with Gasteiger partial charge in [-0.2, -0.15) is 0 Å². The fourth-order valence-corrected chi connectivity index (χ4v) is 4.62. The number of benzene rings is 1. The Morgan fingerprint density at radius 3 is 2.74 bits per heavy atom. The molecular formula is C21H25BrN4O. The molecule has 1 saturated heterocycles. The van der Waals surface area contributed by atoms with E-state index in [9.17, 15) is 4.79 Å². The number of amides is 1. The minimum absolute atomic E-state index is 0.00203. The lowest BCUT2D eigenvalue weighted by Crippen LogP contribution is -2.49. The summed E-state index contributed by atoms with van der Waals surface area (Å²) in [7, 11) is 0. The fourth-order valence-electron chi connectivity index (χ4n) is 4.22. The van der Waals surface area contributed by atoms with Gasteiger partial charge in [0.2, 0.25) is 11.9 Å². The van der Waals surface area contributed by atoms with E-state index < -0.39 is 0 Å². The molecule has 2 aliphatic rings. The Kier molecular flexibility index (Phi) is 5.43. The van der Waals surface area contributed by atoms with Crippen LogP contribution in [0.5, 0.6) is 0 Å². The Hall–Kier alpha value is -1.95. The molecule has 1 amide bonds. The second kappa shape index (κ2) is 7.97. The van der Waals surface area contributed by atoms with Gasteiger partial charge in [-0.05, 0) is 49.4 Å². The molecule has 27 heavy (non-hydrogen) atoms. The molecule has 0 bridgehead atoms. The SMILES string of the molecule is O=C(NCC1(c2cccc(Br)c2)CCC1)C1CCCN(c2ncccn2)C1. The maximum atomic E-state index is 12.9. The number of hydrogen-bond acceptors (Lipinski definition) is 4. The third-order valence-corrected chi connectivity index (χ3v) is 6.47. The summed E-state index contributed by atoms with van der Waals surface area (Å²) in [5, 5.41) is 3.26. The van der Waals surface area contributed by atoms with Crippen LogP contribution in [-0.4, -0.2) is 35.5 Å². The summed E-state index contributed by atoms with van der Waals surface area (Å²) in [6, 6.07) is 10.3. The quantitative estimate of drug-likeness (QED) is 0.788. The van der Waals surface area contributed by atoms with E-state index in [1.165, 1.54) is 12.0 Å². The predicted molar refractivity (Wildman–Crippen MR) is 110 cm³/mol. The first-order valence-electron chi connectivity index (χ1n) is 9.72. The van der Waals surface area contributed by atoms with E-state index in [0.717, 1.165) is 49.2 Å². The zero-order valence-electron chi connectivity index (χ0n) is 15.4. The number of anilines is 1. The molecule has 2 heterocycles. The van der Waals surface area contributed by atoms with Crippen LogP contribution in [0.1, 0.15) is 37.7 Å². The molecule has 0 spiro atoms. The normalized spacial score (nSPS) is 21.4. The van der Waals surface area contributed by atoms with Crippen molar-refractivity contribution in [2.24, 2.45) is 5.92 Å². The summed E-state index contributed by atoms with van der Waals surface area (Å²) in [4.78, 5) is 23.7. The number of piperidine rings is 1. The van der Waals surface area contributed by atoms with Crippen LogP contribution in [-0.2, 0) is 10.2 Å². The highest BCUT2D eigenvalue weighted by atomic mass is 79.9. The van der Waals surface area contributed by atoms with Gasteiger partial charge in [0.15, 0.2) is 0 Å². The van der Waals surface area contributed by atoms with E-state index in [0.29, 0.717) is 6.54 Å². The highest BCUT2D eigenvalue weighted by Crippen LogP contribution is 2.43. The molecule has 5 nitrogen and oxygen atoms in total. The molecule has 0 radical (unpaired) electrons. The first-order valence-corrected chi connectivity index (χ1v) is 10.5. The highest BCUT2D eigenvalue weighted by molar-refractivity contribution is 9.10. The summed E-state index contributed by atoms with van der Waals surface area (Å²) in [6.07, 6.45) is 8.93. The van der Waals surface area contributed by atoms with Gasteiger partial charge in [0.25, 0.3) is 0 Å². The molecule has 1 aromatic heterocycles. The number of halogens is 1. The Morgan fingerprint density at radius 1 is 1.22 bits per heavy atom. The van der Waals surface area contributed by atoms with E-state index in [1.807, 2.05) is 6.07 Å². The molecule has 2 aromatic rings. The van der Waals surface area contributed by atoms with E-state index in [4.69, 9.17) is 0 Å². The molecule has 6 heteroatoms. The molecule has 1 unspecified atom stereocenters. The maximum absolute atomic E-state index is 12.9. The molecule has 1 aliphatic heterocycles. The standard InChI is InChI=1S/C21H25BrN4O/c22-18-7-1-6-17(13-18)21(8-3-9-21)15-25-19(27)16-5-2-12-26(14-16)20-23-10-4-11-24-20/h1,4,6-7,10-11,13,16H,2-3,5,8-9,12,14-15H2,(H,25,27). The summed E-state index contributed by atoms with van der Waals surface area (Å²) >= 11 is 3.57. The monoisotopic (exact) mass is 428 g/mol. The largest absolute Gasteiger partial charge is 0.355 e. The van der Waals surface area contributed by atoms with Crippen molar-refractivity contribution in [3.63, 3.8) is 0 Å². The number of aromatic nitrogens is 2. The Labute approximate surface area is 168 Å². The average molecular weight is 429 g/mol. The third-order valence-electron chi connectivity index (χ3n) is 5.98. The van der Waals surface area contributed by atoms with Crippen molar-refractivity contribution in [2.75, 3.05) is 24.5 Å². The molecule has 1 saturated carbocycles. The van der Waals surface area contributed by atoms with Gasteiger partial charge in [-0.25, -0.2) is 9.97 Å². The molecule has 1 atom stereocenters. The topological polar surface area (TPSA) is 58.1 Å². The van der Waals surface area contributed by atoms with Gasteiger partial charge >= 0.3 is 0 Å².